The second kappa shape index (κ2) is 7.41. The maximum absolute atomic E-state index is 13.0. The Morgan fingerprint density at radius 2 is 1.90 bits per heavy atom. The van der Waals surface area contributed by atoms with Crippen LogP contribution in [0.2, 0.25) is 0 Å². The predicted octanol–water partition coefficient (Wildman–Crippen LogP) is 3.93. The molecule has 0 aliphatic heterocycles. The highest BCUT2D eigenvalue weighted by Crippen LogP contribution is 2.19. The third kappa shape index (κ3) is 4.62. The molecule has 1 atom stereocenters. The zero-order valence-electron chi connectivity index (χ0n) is 11.1. The normalized spacial score (nSPS) is 12.2. The fraction of sp³-hybridized carbons (Fsp3) is 0.250. The first-order valence-electron chi connectivity index (χ1n) is 6.52. The van der Waals surface area contributed by atoms with E-state index in [9.17, 15) is 4.39 Å². The molecule has 0 fully saturated rings. The molecule has 0 bridgehead atoms. The van der Waals surface area contributed by atoms with Gasteiger partial charge in [-0.05, 0) is 42.7 Å². The first-order valence-corrected chi connectivity index (χ1v) is 7.32. The van der Waals surface area contributed by atoms with Crippen molar-refractivity contribution in [2.75, 3.05) is 6.61 Å². The van der Waals surface area contributed by atoms with E-state index in [1.165, 1.54) is 12.1 Å². The minimum atomic E-state index is -0.249. The number of benzene rings is 2. The number of halogens is 2. The fourth-order valence-corrected chi connectivity index (χ4v) is 2.43. The zero-order chi connectivity index (χ0) is 14.4. The Labute approximate surface area is 126 Å². The van der Waals surface area contributed by atoms with Crippen LogP contribution in [-0.2, 0) is 6.42 Å². The van der Waals surface area contributed by atoms with E-state index in [4.69, 9.17) is 10.5 Å². The highest BCUT2D eigenvalue weighted by molar-refractivity contribution is 9.10. The number of para-hydroxylation sites is 1. The van der Waals surface area contributed by atoms with Gasteiger partial charge in [-0.15, -0.1) is 0 Å². The van der Waals surface area contributed by atoms with E-state index in [0.717, 1.165) is 22.2 Å². The lowest BCUT2D eigenvalue weighted by Crippen LogP contribution is -2.25. The van der Waals surface area contributed by atoms with Gasteiger partial charge in [-0.3, -0.25) is 0 Å². The molecule has 0 radical (unpaired) electrons. The van der Waals surface area contributed by atoms with Gasteiger partial charge in [0.1, 0.15) is 11.6 Å². The molecule has 2 rings (SSSR count). The topological polar surface area (TPSA) is 35.2 Å². The van der Waals surface area contributed by atoms with E-state index < -0.39 is 0 Å². The van der Waals surface area contributed by atoms with Crippen LogP contribution in [0.1, 0.15) is 12.0 Å². The Bertz CT molecular complexity index is 547. The van der Waals surface area contributed by atoms with Gasteiger partial charge in [-0.2, -0.15) is 0 Å². The number of ether oxygens (including phenoxy) is 1. The summed E-state index contributed by atoms with van der Waals surface area (Å²) in [6, 6.07) is 14.3. The smallest absolute Gasteiger partial charge is 0.124 e. The molecule has 0 aliphatic carbocycles. The molecule has 2 nitrogen and oxygen atoms in total. The average Bonchev–Trinajstić information content (AvgIpc) is 2.43. The van der Waals surface area contributed by atoms with Crippen molar-refractivity contribution in [3.8, 4) is 5.75 Å². The molecule has 1 unspecified atom stereocenters. The average molecular weight is 338 g/mol. The Morgan fingerprint density at radius 1 is 1.15 bits per heavy atom. The fourth-order valence-electron chi connectivity index (χ4n) is 1.92. The van der Waals surface area contributed by atoms with Crippen molar-refractivity contribution in [1.82, 2.24) is 0 Å². The molecule has 0 heterocycles. The van der Waals surface area contributed by atoms with Crippen LogP contribution in [0, 0.1) is 5.82 Å². The molecular weight excluding hydrogens is 321 g/mol. The summed E-state index contributed by atoms with van der Waals surface area (Å²) in [6.07, 6.45) is 1.44. The standard InChI is InChI=1S/C16H17BrFNO/c17-16-11-13(18)7-6-12(16)10-14(19)8-9-20-15-4-2-1-3-5-15/h1-7,11,14H,8-10,19H2. The quantitative estimate of drug-likeness (QED) is 0.866. The van der Waals surface area contributed by atoms with Crippen LogP contribution in [0.25, 0.3) is 0 Å². The highest BCUT2D eigenvalue weighted by Gasteiger charge is 2.08. The second-order valence-electron chi connectivity index (χ2n) is 4.65. The summed E-state index contributed by atoms with van der Waals surface area (Å²) in [5, 5.41) is 0. The predicted molar refractivity (Wildman–Crippen MR) is 82.3 cm³/mol. The third-order valence-electron chi connectivity index (χ3n) is 3.00. The van der Waals surface area contributed by atoms with Crippen molar-refractivity contribution in [2.45, 2.75) is 18.9 Å². The third-order valence-corrected chi connectivity index (χ3v) is 3.74. The van der Waals surface area contributed by atoms with Crippen LogP contribution in [-0.4, -0.2) is 12.6 Å². The monoisotopic (exact) mass is 337 g/mol. The summed E-state index contributed by atoms with van der Waals surface area (Å²) in [5.74, 6) is 0.601. The van der Waals surface area contributed by atoms with E-state index in [-0.39, 0.29) is 11.9 Å². The van der Waals surface area contributed by atoms with Crippen LogP contribution in [0.15, 0.2) is 53.0 Å². The molecule has 4 heteroatoms. The summed E-state index contributed by atoms with van der Waals surface area (Å²) in [5.41, 5.74) is 7.09. The molecule has 106 valence electrons. The van der Waals surface area contributed by atoms with E-state index in [0.29, 0.717) is 13.0 Å². The number of nitrogens with two attached hydrogens (primary N) is 1. The first kappa shape index (κ1) is 15.0. The molecule has 0 spiro atoms. The molecule has 2 N–H and O–H groups in total. The Morgan fingerprint density at radius 3 is 2.60 bits per heavy atom. The molecule has 2 aromatic rings. The van der Waals surface area contributed by atoms with Gasteiger partial charge in [0.2, 0.25) is 0 Å². The molecule has 0 saturated heterocycles. The summed E-state index contributed by atoms with van der Waals surface area (Å²) < 4.78 is 19.4. The number of hydrogen-bond donors (Lipinski definition) is 1. The first-order chi connectivity index (χ1) is 9.65. The van der Waals surface area contributed by atoms with Crippen molar-refractivity contribution in [3.63, 3.8) is 0 Å². The largest absolute Gasteiger partial charge is 0.494 e. The van der Waals surface area contributed by atoms with Crippen LogP contribution in [0.5, 0.6) is 5.75 Å². The van der Waals surface area contributed by atoms with Crippen molar-refractivity contribution >= 4 is 15.9 Å². The van der Waals surface area contributed by atoms with Crippen molar-refractivity contribution in [1.29, 1.82) is 0 Å². The molecular formula is C16H17BrFNO. The lowest BCUT2D eigenvalue weighted by Gasteiger charge is -2.13. The summed E-state index contributed by atoms with van der Waals surface area (Å²) >= 11 is 3.35. The number of rotatable bonds is 6. The minimum Gasteiger partial charge on any atom is -0.494 e. The molecule has 0 saturated carbocycles. The van der Waals surface area contributed by atoms with Gasteiger partial charge < -0.3 is 10.5 Å². The number of hydrogen-bond acceptors (Lipinski definition) is 2. The Kier molecular flexibility index (Phi) is 5.56. The van der Waals surface area contributed by atoms with E-state index in [2.05, 4.69) is 15.9 Å². The second-order valence-corrected chi connectivity index (χ2v) is 5.50. The van der Waals surface area contributed by atoms with E-state index >= 15 is 0 Å². The van der Waals surface area contributed by atoms with Crippen molar-refractivity contribution < 1.29 is 9.13 Å². The van der Waals surface area contributed by atoms with Gasteiger partial charge in [-0.25, -0.2) is 4.39 Å². The van der Waals surface area contributed by atoms with Gasteiger partial charge in [0.15, 0.2) is 0 Å². The van der Waals surface area contributed by atoms with Gasteiger partial charge in [0.05, 0.1) is 6.61 Å². The van der Waals surface area contributed by atoms with Crippen LogP contribution < -0.4 is 10.5 Å². The van der Waals surface area contributed by atoms with Crippen LogP contribution in [0.4, 0.5) is 4.39 Å². The van der Waals surface area contributed by atoms with E-state index in [1.54, 1.807) is 6.07 Å². The van der Waals surface area contributed by atoms with Crippen LogP contribution in [0.3, 0.4) is 0 Å². The molecule has 0 aliphatic rings. The summed E-state index contributed by atoms with van der Waals surface area (Å²) in [7, 11) is 0. The van der Waals surface area contributed by atoms with Gasteiger partial charge in [0, 0.05) is 10.5 Å². The molecule has 20 heavy (non-hydrogen) atoms. The maximum atomic E-state index is 13.0. The maximum Gasteiger partial charge on any atom is 0.124 e. The molecule has 0 aromatic heterocycles. The molecule has 2 aromatic carbocycles. The molecule has 0 amide bonds. The van der Waals surface area contributed by atoms with Crippen molar-refractivity contribution in [2.24, 2.45) is 5.73 Å². The van der Waals surface area contributed by atoms with Gasteiger partial charge in [-0.1, -0.05) is 40.2 Å². The Hall–Kier alpha value is -1.39. The minimum absolute atomic E-state index is 0.0135. The van der Waals surface area contributed by atoms with Crippen LogP contribution >= 0.6 is 15.9 Å². The van der Waals surface area contributed by atoms with Crippen molar-refractivity contribution in [3.05, 3.63) is 64.4 Å². The lowest BCUT2D eigenvalue weighted by atomic mass is 10.0. The zero-order valence-corrected chi connectivity index (χ0v) is 12.6. The summed E-state index contributed by atoms with van der Waals surface area (Å²) in [4.78, 5) is 0. The SMILES string of the molecule is NC(CCOc1ccccc1)Cc1ccc(F)cc1Br. The van der Waals surface area contributed by atoms with Gasteiger partial charge in [0.25, 0.3) is 0 Å². The Balaban J connectivity index is 1.79. The summed E-state index contributed by atoms with van der Waals surface area (Å²) in [6.45, 7) is 0.573. The van der Waals surface area contributed by atoms with Gasteiger partial charge >= 0.3 is 0 Å². The van der Waals surface area contributed by atoms with E-state index in [1.807, 2.05) is 30.3 Å². The lowest BCUT2D eigenvalue weighted by molar-refractivity contribution is 0.297. The highest BCUT2D eigenvalue weighted by atomic mass is 79.9.